The van der Waals surface area contributed by atoms with E-state index >= 15 is 0 Å². The maximum absolute atomic E-state index is 12.4. The standard InChI is InChI=1S/C23H28N2O3/c1-16(2)14-18-8-10-19(11-9-18)17(3)24-22(26)12-13-25-20-6-4-5-7-21(20)28-15-23(25)27/h4-11,16-17H,12-15H2,1-3H3,(H,24,26)/t17-/m0/s1. The molecule has 0 aromatic heterocycles. The van der Waals surface area contributed by atoms with Crippen molar-refractivity contribution >= 4 is 17.5 Å². The summed E-state index contributed by atoms with van der Waals surface area (Å²) in [6.07, 6.45) is 1.30. The summed E-state index contributed by atoms with van der Waals surface area (Å²) in [6.45, 7) is 6.73. The van der Waals surface area contributed by atoms with Gasteiger partial charge in [0, 0.05) is 13.0 Å². The second-order valence-electron chi connectivity index (χ2n) is 7.68. The smallest absolute Gasteiger partial charge is 0.265 e. The van der Waals surface area contributed by atoms with Crippen LogP contribution in [0.4, 0.5) is 5.69 Å². The number of amides is 2. The number of ether oxygens (including phenoxy) is 1. The van der Waals surface area contributed by atoms with Crippen LogP contribution >= 0.6 is 0 Å². The zero-order valence-electron chi connectivity index (χ0n) is 16.8. The summed E-state index contributed by atoms with van der Waals surface area (Å²) < 4.78 is 5.44. The number of benzene rings is 2. The van der Waals surface area contributed by atoms with Crippen molar-refractivity contribution in [3.63, 3.8) is 0 Å². The maximum atomic E-state index is 12.4. The molecular formula is C23H28N2O3. The Labute approximate surface area is 166 Å². The molecule has 0 saturated carbocycles. The van der Waals surface area contributed by atoms with Gasteiger partial charge in [-0.3, -0.25) is 9.59 Å². The van der Waals surface area contributed by atoms with Crippen LogP contribution in [-0.4, -0.2) is 25.0 Å². The van der Waals surface area contributed by atoms with E-state index in [1.165, 1.54) is 5.56 Å². The van der Waals surface area contributed by atoms with E-state index in [1.54, 1.807) is 4.90 Å². The monoisotopic (exact) mass is 380 g/mol. The minimum absolute atomic E-state index is 0.0117. The summed E-state index contributed by atoms with van der Waals surface area (Å²) in [5.41, 5.74) is 3.11. The molecule has 5 heteroatoms. The molecule has 28 heavy (non-hydrogen) atoms. The Bertz CT molecular complexity index is 830. The lowest BCUT2D eigenvalue weighted by atomic mass is 10.00. The Morgan fingerprint density at radius 3 is 2.54 bits per heavy atom. The number of hydrogen-bond acceptors (Lipinski definition) is 3. The highest BCUT2D eigenvalue weighted by atomic mass is 16.5. The highest BCUT2D eigenvalue weighted by molar-refractivity contribution is 5.98. The Morgan fingerprint density at radius 1 is 1.11 bits per heavy atom. The number of hydrogen-bond donors (Lipinski definition) is 1. The third-order valence-electron chi connectivity index (χ3n) is 4.87. The first kappa shape index (κ1) is 19.9. The molecular weight excluding hydrogens is 352 g/mol. The second kappa shape index (κ2) is 8.91. The fourth-order valence-corrected chi connectivity index (χ4v) is 3.42. The minimum Gasteiger partial charge on any atom is -0.482 e. The van der Waals surface area contributed by atoms with Gasteiger partial charge in [-0.2, -0.15) is 0 Å². The number of carbonyl (C=O) groups excluding carboxylic acids is 2. The Morgan fingerprint density at radius 2 is 1.82 bits per heavy atom. The molecule has 0 spiro atoms. The molecule has 148 valence electrons. The maximum Gasteiger partial charge on any atom is 0.265 e. The summed E-state index contributed by atoms with van der Waals surface area (Å²) in [7, 11) is 0. The largest absolute Gasteiger partial charge is 0.482 e. The molecule has 0 bridgehead atoms. The summed E-state index contributed by atoms with van der Waals surface area (Å²) in [4.78, 5) is 26.2. The molecule has 1 aliphatic heterocycles. The van der Waals surface area contributed by atoms with E-state index in [0.717, 1.165) is 17.7 Å². The Kier molecular flexibility index (Phi) is 6.34. The van der Waals surface area contributed by atoms with Crippen molar-refractivity contribution in [2.45, 2.75) is 39.7 Å². The first-order chi connectivity index (χ1) is 13.4. The third-order valence-corrected chi connectivity index (χ3v) is 4.87. The van der Waals surface area contributed by atoms with Gasteiger partial charge < -0.3 is 15.0 Å². The van der Waals surface area contributed by atoms with Gasteiger partial charge in [-0.05, 0) is 42.5 Å². The number of nitrogens with one attached hydrogen (secondary N) is 1. The third kappa shape index (κ3) is 4.91. The van der Waals surface area contributed by atoms with Crippen LogP contribution in [0.1, 0.15) is 44.4 Å². The van der Waals surface area contributed by atoms with Gasteiger partial charge in [0.15, 0.2) is 6.61 Å². The molecule has 2 amide bonds. The molecule has 1 atom stereocenters. The molecule has 1 heterocycles. The molecule has 2 aromatic rings. The number of para-hydroxylation sites is 2. The SMILES string of the molecule is CC(C)Cc1ccc([C@H](C)NC(=O)CCN2C(=O)COc3ccccc32)cc1. The molecule has 5 nitrogen and oxygen atoms in total. The first-order valence-electron chi connectivity index (χ1n) is 9.84. The average molecular weight is 380 g/mol. The molecule has 0 aliphatic carbocycles. The van der Waals surface area contributed by atoms with Gasteiger partial charge in [0.25, 0.3) is 5.91 Å². The molecule has 0 saturated heterocycles. The van der Waals surface area contributed by atoms with Crippen molar-refractivity contribution in [2.75, 3.05) is 18.1 Å². The molecule has 2 aromatic carbocycles. The number of fused-ring (bicyclic) bond motifs is 1. The van der Waals surface area contributed by atoms with Crippen LogP contribution in [0.2, 0.25) is 0 Å². The quantitative estimate of drug-likeness (QED) is 0.793. The molecule has 0 fully saturated rings. The number of nitrogens with zero attached hydrogens (tertiary/aromatic N) is 1. The van der Waals surface area contributed by atoms with Crippen LogP contribution in [-0.2, 0) is 16.0 Å². The van der Waals surface area contributed by atoms with Crippen molar-refractivity contribution in [2.24, 2.45) is 5.92 Å². The first-order valence-corrected chi connectivity index (χ1v) is 9.84. The summed E-state index contributed by atoms with van der Waals surface area (Å²) >= 11 is 0. The topological polar surface area (TPSA) is 58.6 Å². The highest BCUT2D eigenvalue weighted by Gasteiger charge is 2.25. The van der Waals surface area contributed by atoms with Crippen molar-refractivity contribution in [1.82, 2.24) is 5.32 Å². The lowest BCUT2D eigenvalue weighted by molar-refractivity contribution is -0.122. The van der Waals surface area contributed by atoms with E-state index in [4.69, 9.17) is 4.74 Å². The van der Waals surface area contributed by atoms with E-state index < -0.39 is 0 Å². The van der Waals surface area contributed by atoms with Crippen LogP contribution in [0.15, 0.2) is 48.5 Å². The van der Waals surface area contributed by atoms with E-state index in [2.05, 4.69) is 43.4 Å². The van der Waals surface area contributed by atoms with Crippen LogP contribution in [0.5, 0.6) is 5.75 Å². The molecule has 1 aliphatic rings. The van der Waals surface area contributed by atoms with Gasteiger partial charge in [-0.15, -0.1) is 0 Å². The fourth-order valence-electron chi connectivity index (χ4n) is 3.42. The number of anilines is 1. The van der Waals surface area contributed by atoms with Gasteiger partial charge in [-0.25, -0.2) is 0 Å². The zero-order chi connectivity index (χ0) is 20.1. The zero-order valence-corrected chi connectivity index (χ0v) is 16.8. The van der Waals surface area contributed by atoms with Gasteiger partial charge in [0.1, 0.15) is 5.75 Å². The van der Waals surface area contributed by atoms with Crippen LogP contribution in [0, 0.1) is 5.92 Å². The second-order valence-corrected chi connectivity index (χ2v) is 7.68. The van der Waals surface area contributed by atoms with Gasteiger partial charge in [0.2, 0.25) is 5.91 Å². The minimum atomic E-state index is -0.125. The number of rotatable bonds is 7. The van der Waals surface area contributed by atoms with Crippen LogP contribution in [0.25, 0.3) is 0 Å². The lowest BCUT2D eigenvalue weighted by Crippen LogP contribution is -2.41. The molecule has 0 radical (unpaired) electrons. The predicted octanol–water partition coefficient (Wildman–Crippen LogP) is 3.88. The van der Waals surface area contributed by atoms with Crippen molar-refractivity contribution in [3.05, 3.63) is 59.7 Å². The molecule has 3 rings (SSSR count). The predicted molar refractivity (Wildman–Crippen MR) is 110 cm³/mol. The van der Waals surface area contributed by atoms with Crippen molar-refractivity contribution in [1.29, 1.82) is 0 Å². The normalized spacial score (nSPS) is 14.4. The van der Waals surface area contributed by atoms with E-state index in [1.807, 2.05) is 31.2 Å². The lowest BCUT2D eigenvalue weighted by Gasteiger charge is -2.29. The highest BCUT2D eigenvalue weighted by Crippen LogP contribution is 2.31. The van der Waals surface area contributed by atoms with Crippen molar-refractivity contribution in [3.8, 4) is 5.75 Å². The van der Waals surface area contributed by atoms with Crippen LogP contribution < -0.4 is 15.0 Å². The summed E-state index contributed by atoms with van der Waals surface area (Å²) in [6, 6.07) is 15.7. The number of carbonyl (C=O) groups is 2. The summed E-state index contributed by atoms with van der Waals surface area (Å²) in [5, 5.41) is 3.03. The summed E-state index contributed by atoms with van der Waals surface area (Å²) in [5.74, 6) is 1.10. The van der Waals surface area contributed by atoms with Gasteiger partial charge in [0.05, 0.1) is 11.7 Å². The molecule has 1 N–H and O–H groups in total. The van der Waals surface area contributed by atoms with E-state index in [9.17, 15) is 9.59 Å². The Balaban J connectivity index is 1.55. The van der Waals surface area contributed by atoms with Crippen LogP contribution in [0.3, 0.4) is 0 Å². The van der Waals surface area contributed by atoms with Gasteiger partial charge >= 0.3 is 0 Å². The average Bonchev–Trinajstić information content (AvgIpc) is 2.67. The van der Waals surface area contributed by atoms with E-state index in [-0.39, 0.29) is 30.9 Å². The van der Waals surface area contributed by atoms with Gasteiger partial charge in [-0.1, -0.05) is 50.2 Å². The fraction of sp³-hybridized carbons (Fsp3) is 0.391. The van der Waals surface area contributed by atoms with Crippen molar-refractivity contribution < 1.29 is 14.3 Å². The molecule has 0 unspecified atom stereocenters. The Hall–Kier alpha value is -2.82. The van der Waals surface area contributed by atoms with E-state index in [0.29, 0.717) is 18.2 Å².